The predicted molar refractivity (Wildman–Crippen MR) is 63.2 cm³/mol. The maximum atomic E-state index is 11.5. The first-order valence-corrected chi connectivity index (χ1v) is 5.75. The Morgan fingerprint density at radius 3 is 2.67 bits per heavy atom. The number of thioether (sulfide) groups is 1. The molecule has 0 heterocycles. The summed E-state index contributed by atoms with van der Waals surface area (Å²) in [6.45, 7) is 0. The van der Waals surface area contributed by atoms with Gasteiger partial charge < -0.3 is 4.74 Å². The highest BCUT2D eigenvalue weighted by Crippen LogP contribution is 2.18. The molecule has 0 unspecified atom stereocenters. The maximum absolute atomic E-state index is 11.5. The Kier molecular flexibility index (Phi) is 4.90. The molecule has 0 amide bonds. The highest BCUT2D eigenvalue weighted by atomic mass is 32.2. The van der Waals surface area contributed by atoms with Gasteiger partial charge in [0, 0.05) is 0 Å². The van der Waals surface area contributed by atoms with Crippen molar-refractivity contribution in [2.24, 2.45) is 4.99 Å². The number of benzene rings is 1. The molecule has 0 saturated carbocycles. The molecule has 4 heteroatoms. The average Bonchev–Trinajstić information content (AvgIpc) is 2.30. The molecule has 0 aliphatic carbocycles. The highest BCUT2D eigenvalue weighted by molar-refractivity contribution is 8.11. The lowest BCUT2D eigenvalue weighted by Gasteiger charge is -2.09. The van der Waals surface area contributed by atoms with Crippen LogP contribution in [0.15, 0.2) is 35.3 Å². The van der Waals surface area contributed by atoms with Crippen molar-refractivity contribution in [3.63, 3.8) is 0 Å². The molecule has 80 valence electrons. The van der Waals surface area contributed by atoms with Gasteiger partial charge in [-0.05, 0) is 11.8 Å². The van der Waals surface area contributed by atoms with Gasteiger partial charge in [-0.1, -0.05) is 30.3 Å². The van der Waals surface area contributed by atoms with Crippen molar-refractivity contribution in [1.29, 1.82) is 0 Å². The van der Waals surface area contributed by atoms with Gasteiger partial charge in [0.15, 0.2) is 6.04 Å². The number of ether oxygens (including phenoxy) is 1. The highest BCUT2D eigenvalue weighted by Gasteiger charge is 2.18. The van der Waals surface area contributed by atoms with Crippen LogP contribution < -0.4 is 0 Å². The van der Waals surface area contributed by atoms with Crippen LogP contribution in [0.3, 0.4) is 0 Å². The van der Waals surface area contributed by atoms with Gasteiger partial charge in [-0.2, -0.15) is 0 Å². The second-order valence-corrected chi connectivity index (χ2v) is 3.51. The van der Waals surface area contributed by atoms with E-state index in [2.05, 4.69) is 4.99 Å². The zero-order valence-corrected chi connectivity index (χ0v) is 9.53. The van der Waals surface area contributed by atoms with Crippen molar-refractivity contribution >= 4 is 23.3 Å². The van der Waals surface area contributed by atoms with Crippen LogP contribution in [-0.2, 0) is 9.53 Å². The number of carbonyl (C=O) groups is 1. The fourth-order valence-corrected chi connectivity index (χ4v) is 1.40. The van der Waals surface area contributed by atoms with Gasteiger partial charge in [-0.25, -0.2) is 4.79 Å². The first-order valence-electron chi connectivity index (χ1n) is 4.46. The SMILES string of the molecule is COC(=O)[C@@H](N=CSC)c1ccccc1. The third-order valence-electron chi connectivity index (χ3n) is 1.86. The van der Waals surface area contributed by atoms with E-state index < -0.39 is 6.04 Å². The Hall–Kier alpha value is -1.29. The fourth-order valence-electron chi connectivity index (χ4n) is 1.15. The third-order valence-corrected chi connectivity index (χ3v) is 2.19. The Morgan fingerprint density at radius 2 is 2.13 bits per heavy atom. The second kappa shape index (κ2) is 6.24. The number of rotatable bonds is 4. The van der Waals surface area contributed by atoms with Gasteiger partial charge in [0.2, 0.25) is 0 Å². The van der Waals surface area contributed by atoms with Gasteiger partial charge in [0.05, 0.1) is 12.7 Å². The normalized spacial score (nSPS) is 12.7. The van der Waals surface area contributed by atoms with Crippen molar-refractivity contribution < 1.29 is 9.53 Å². The van der Waals surface area contributed by atoms with Crippen molar-refractivity contribution in [2.75, 3.05) is 13.4 Å². The molecule has 3 nitrogen and oxygen atoms in total. The first-order chi connectivity index (χ1) is 7.29. The van der Waals surface area contributed by atoms with Crippen LogP contribution in [0.1, 0.15) is 11.6 Å². The predicted octanol–water partition coefficient (Wildman–Crippen LogP) is 2.29. The molecule has 0 aromatic heterocycles. The summed E-state index contributed by atoms with van der Waals surface area (Å²) in [6.07, 6.45) is 1.89. The summed E-state index contributed by atoms with van der Waals surface area (Å²) in [6, 6.07) is 8.82. The van der Waals surface area contributed by atoms with E-state index in [9.17, 15) is 4.79 Å². The molecule has 1 aromatic carbocycles. The summed E-state index contributed by atoms with van der Waals surface area (Å²) >= 11 is 1.45. The number of methoxy groups -OCH3 is 1. The number of carbonyl (C=O) groups excluding carboxylic acids is 1. The van der Waals surface area contributed by atoms with Gasteiger partial charge in [-0.3, -0.25) is 4.99 Å². The van der Waals surface area contributed by atoms with Crippen LogP contribution in [0.4, 0.5) is 0 Å². The smallest absolute Gasteiger partial charge is 0.335 e. The molecular weight excluding hydrogens is 210 g/mol. The van der Waals surface area contributed by atoms with E-state index in [1.54, 1.807) is 5.55 Å². The molecule has 1 atom stereocenters. The van der Waals surface area contributed by atoms with E-state index in [0.29, 0.717) is 0 Å². The van der Waals surface area contributed by atoms with E-state index in [0.717, 1.165) is 5.56 Å². The lowest BCUT2D eigenvalue weighted by molar-refractivity contribution is -0.142. The second-order valence-electron chi connectivity index (χ2n) is 2.83. The molecule has 0 N–H and O–H groups in total. The number of hydrogen-bond donors (Lipinski definition) is 0. The summed E-state index contributed by atoms with van der Waals surface area (Å²) in [5, 5.41) is 0. The minimum Gasteiger partial charge on any atom is -0.467 e. The summed E-state index contributed by atoms with van der Waals surface area (Å²) in [7, 11) is 1.37. The summed E-state index contributed by atoms with van der Waals surface area (Å²) < 4.78 is 4.70. The summed E-state index contributed by atoms with van der Waals surface area (Å²) in [5.74, 6) is -0.341. The van der Waals surface area contributed by atoms with Crippen LogP contribution in [0.5, 0.6) is 0 Å². The summed E-state index contributed by atoms with van der Waals surface area (Å²) in [4.78, 5) is 15.6. The number of nitrogens with zero attached hydrogens (tertiary/aromatic N) is 1. The van der Waals surface area contributed by atoms with Crippen molar-refractivity contribution in [3.8, 4) is 0 Å². The Bertz CT molecular complexity index is 338. The molecule has 0 aliphatic rings. The first kappa shape index (κ1) is 11.8. The molecule has 0 spiro atoms. The Morgan fingerprint density at radius 1 is 1.47 bits per heavy atom. The van der Waals surface area contributed by atoms with Crippen molar-refractivity contribution in [1.82, 2.24) is 0 Å². The van der Waals surface area contributed by atoms with Crippen molar-refractivity contribution in [2.45, 2.75) is 6.04 Å². The molecule has 15 heavy (non-hydrogen) atoms. The monoisotopic (exact) mass is 223 g/mol. The minimum atomic E-state index is -0.552. The molecule has 0 aliphatic heterocycles. The molecule has 0 fully saturated rings. The third kappa shape index (κ3) is 3.40. The Balaban J connectivity index is 2.91. The van der Waals surface area contributed by atoms with E-state index >= 15 is 0 Å². The van der Waals surface area contributed by atoms with Gasteiger partial charge in [0.25, 0.3) is 0 Å². The van der Waals surface area contributed by atoms with Crippen LogP contribution in [0.2, 0.25) is 0 Å². The van der Waals surface area contributed by atoms with Gasteiger partial charge >= 0.3 is 5.97 Å². The topological polar surface area (TPSA) is 38.7 Å². The van der Waals surface area contributed by atoms with Crippen LogP contribution in [-0.4, -0.2) is 24.9 Å². The van der Waals surface area contributed by atoms with Crippen LogP contribution in [0, 0.1) is 0 Å². The van der Waals surface area contributed by atoms with E-state index in [-0.39, 0.29) is 5.97 Å². The lowest BCUT2D eigenvalue weighted by Crippen LogP contribution is -2.12. The lowest BCUT2D eigenvalue weighted by atomic mass is 10.1. The standard InChI is InChI=1S/C11H13NO2S/c1-14-11(13)10(12-8-15-2)9-6-4-3-5-7-9/h3-8,10H,1-2H3/t10-/m0/s1. The zero-order chi connectivity index (χ0) is 11.1. The largest absolute Gasteiger partial charge is 0.467 e. The van der Waals surface area contributed by atoms with E-state index in [4.69, 9.17) is 4.74 Å². The number of hydrogen-bond acceptors (Lipinski definition) is 4. The maximum Gasteiger partial charge on any atom is 0.335 e. The Labute approximate surface area is 93.5 Å². The van der Waals surface area contributed by atoms with Crippen LogP contribution in [0.25, 0.3) is 0 Å². The van der Waals surface area contributed by atoms with E-state index in [1.807, 2.05) is 36.6 Å². The van der Waals surface area contributed by atoms with Gasteiger partial charge in [-0.15, -0.1) is 11.8 Å². The van der Waals surface area contributed by atoms with Crippen LogP contribution >= 0.6 is 11.8 Å². The fraction of sp³-hybridized carbons (Fsp3) is 0.273. The minimum absolute atomic E-state index is 0.341. The summed E-state index contributed by atoms with van der Waals surface area (Å²) in [5.41, 5.74) is 2.49. The zero-order valence-electron chi connectivity index (χ0n) is 8.71. The molecular formula is C11H13NO2S. The molecule has 1 rings (SSSR count). The molecule has 1 aromatic rings. The molecule has 0 bridgehead atoms. The number of aliphatic imine (C=N–C) groups is 1. The number of esters is 1. The average molecular weight is 223 g/mol. The van der Waals surface area contributed by atoms with E-state index in [1.165, 1.54) is 18.9 Å². The molecule has 0 radical (unpaired) electrons. The van der Waals surface area contributed by atoms with Crippen molar-refractivity contribution in [3.05, 3.63) is 35.9 Å². The van der Waals surface area contributed by atoms with Gasteiger partial charge in [0.1, 0.15) is 0 Å². The molecule has 0 saturated heterocycles. The quantitative estimate of drug-likeness (QED) is 0.446.